The summed E-state index contributed by atoms with van der Waals surface area (Å²) >= 11 is 1.40. The average molecular weight is 512 g/mol. The predicted octanol–water partition coefficient (Wildman–Crippen LogP) is 4.78. The van der Waals surface area contributed by atoms with E-state index in [0.717, 1.165) is 10.5 Å². The Morgan fingerprint density at radius 2 is 1.60 bits per heavy atom. The number of hydrogen-bond acceptors (Lipinski definition) is 5. The van der Waals surface area contributed by atoms with Gasteiger partial charge >= 0.3 is 0 Å². The van der Waals surface area contributed by atoms with Gasteiger partial charge in [-0.3, -0.25) is 14.3 Å². The first-order chi connectivity index (χ1) is 16.7. The molecule has 0 aliphatic carbocycles. The van der Waals surface area contributed by atoms with E-state index in [1.807, 2.05) is 36.6 Å². The van der Waals surface area contributed by atoms with Gasteiger partial charge in [0.15, 0.2) is 0 Å². The first-order valence-corrected chi connectivity index (χ1v) is 13.8. The summed E-state index contributed by atoms with van der Waals surface area (Å²) in [5.41, 5.74) is 1.91. The van der Waals surface area contributed by atoms with Crippen LogP contribution in [-0.4, -0.2) is 33.0 Å². The molecule has 0 spiro atoms. The van der Waals surface area contributed by atoms with Gasteiger partial charge in [0.05, 0.1) is 21.8 Å². The Hall–Kier alpha value is -3.30. The smallest absolute Gasteiger partial charge is 0.261 e. The molecule has 0 atom stereocenters. The molecule has 0 heterocycles. The SMILES string of the molecule is CSc1ccc(S(=O)(=O)Nc2ccccc2C(=O)NCCc2ccccc2)cc1NC(=O)C(C)C. The summed E-state index contributed by atoms with van der Waals surface area (Å²) in [6.45, 7) is 3.94. The van der Waals surface area contributed by atoms with E-state index in [9.17, 15) is 18.0 Å². The Morgan fingerprint density at radius 3 is 2.29 bits per heavy atom. The van der Waals surface area contributed by atoms with Gasteiger partial charge in [-0.25, -0.2) is 8.42 Å². The molecule has 7 nitrogen and oxygen atoms in total. The molecule has 0 saturated heterocycles. The molecule has 3 aromatic rings. The minimum absolute atomic E-state index is 0.0198. The van der Waals surface area contributed by atoms with Gasteiger partial charge in [-0.05, 0) is 48.6 Å². The monoisotopic (exact) mass is 511 g/mol. The molecule has 2 amide bonds. The highest BCUT2D eigenvalue weighted by molar-refractivity contribution is 7.98. The number of para-hydroxylation sites is 1. The summed E-state index contributed by atoms with van der Waals surface area (Å²) < 4.78 is 28.9. The molecule has 0 aliphatic rings. The number of hydrogen-bond donors (Lipinski definition) is 3. The van der Waals surface area contributed by atoms with Crippen molar-refractivity contribution in [2.45, 2.75) is 30.1 Å². The number of benzene rings is 3. The van der Waals surface area contributed by atoms with Gasteiger partial charge in [-0.15, -0.1) is 11.8 Å². The van der Waals surface area contributed by atoms with Crippen LogP contribution in [0.5, 0.6) is 0 Å². The van der Waals surface area contributed by atoms with E-state index in [-0.39, 0.29) is 33.9 Å². The summed E-state index contributed by atoms with van der Waals surface area (Å²) in [5, 5.41) is 5.63. The van der Waals surface area contributed by atoms with Crippen LogP contribution in [0, 0.1) is 5.92 Å². The van der Waals surface area contributed by atoms with Crippen molar-refractivity contribution in [3.8, 4) is 0 Å². The second-order valence-corrected chi connectivity index (χ2v) is 10.7. The molecule has 184 valence electrons. The van der Waals surface area contributed by atoms with Crippen molar-refractivity contribution in [1.29, 1.82) is 0 Å². The molecule has 3 aromatic carbocycles. The minimum Gasteiger partial charge on any atom is -0.352 e. The van der Waals surface area contributed by atoms with Crippen molar-refractivity contribution in [3.63, 3.8) is 0 Å². The maximum absolute atomic E-state index is 13.2. The molecule has 0 radical (unpaired) electrons. The van der Waals surface area contributed by atoms with Crippen LogP contribution < -0.4 is 15.4 Å². The van der Waals surface area contributed by atoms with Crippen LogP contribution in [0.25, 0.3) is 0 Å². The summed E-state index contributed by atoms with van der Waals surface area (Å²) in [6.07, 6.45) is 2.51. The molecule has 9 heteroatoms. The normalized spacial score (nSPS) is 11.2. The zero-order chi connectivity index (χ0) is 25.4. The Kier molecular flexibility index (Phi) is 8.95. The van der Waals surface area contributed by atoms with Crippen molar-refractivity contribution in [2.24, 2.45) is 5.92 Å². The molecular formula is C26H29N3O4S2. The highest BCUT2D eigenvalue weighted by Gasteiger charge is 2.21. The number of rotatable bonds is 10. The largest absolute Gasteiger partial charge is 0.352 e. The molecule has 0 fully saturated rings. The third-order valence-electron chi connectivity index (χ3n) is 5.22. The summed E-state index contributed by atoms with van der Waals surface area (Å²) in [7, 11) is -4.03. The van der Waals surface area contributed by atoms with E-state index in [1.165, 1.54) is 23.9 Å². The fourth-order valence-corrected chi connectivity index (χ4v) is 4.90. The topological polar surface area (TPSA) is 104 Å². The Labute approximate surface area is 210 Å². The lowest BCUT2D eigenvalue weighted by atomic mass is 10.1. The van der Waals surface area contributed by atoms with Gasteiger partial charge in [0, 0.05) is 17.4 Å². The van der Waals surface area contributed by atoms with E-state index in [0.29, 0.717) is 18.7 Å². The average Bonchev–Trinajstić information content (AvgIpc) is 2.84. The van der Waals surface area contributed by atoms with Crippen molar-refractivity contribution in [2.75, 3.05) is 22.8 Å². The van der Waals surface area contributed by atoms with Gasteiger partial charge in [0.1, 0.15) is 0 Å². The third-order valence-corrected chi connectivity index (χ3v) is 7.38. The number of anilines is 2. The number of nitrogens with one attached hydrogen (secondary N) is 3. The number of sulfonamides is 1. The molecule has 3 N–H and O–H groups in total. The summed E-state index contributed by atoms with van der Waals surface area (Å²) in [4.78, 5) is 25.7. The van der Waals surface area contributed by atoms with Crippen LogP contribution >= 0.6 is 11.8 Å². The summed E-state index contributed by atoms with van der Waals surface area (Å²) in [6, 6.07) is 20.8. The summed E-state index contributed by atoms with van der Waals surface area (Å²) in [5.74, 6) is -0.836. The maximum atomic E-state index is 13.2. The van der Waals surface area contributed by atoms with Gasteiger partial charge in [0.2, 0.25) is 5.91 Å². The lowest BCUT2D eigenvalue weighted by Gasteiger charge is -2.15. The molecular weight excluding hydrogens is 482 g/mol. The number of amides is 2. The van der Waals surface area contributed by atoms with Gasteiger partial charge < -0.3 is 10.6 Å². The zero-order valence-corrected chi connectivity index (χ0v) is 21.5. The fraction of sp³-hybridized carbons (Fsp3) is 0.231. The van der Waals surface area contributed by atoms with Gasteiger partial charge in [-0.1, -0.05) is 56.3 Å². The maximum Gasteiger partial charge on any atom is 0.261 e. The molecule has 0 unspecified atom stereocenters. The number of carbonyl (C=O) groups is 2. The molecule has 0 bridgehead atoms. The minimum atomic E-state index is -4.03. The van der Waals surface area contributed by atoms with Crippen LogP contribution in [0.1, 0.15) is 29.8 Å². The van der Waals surface area contributed by atoms with Crippen LogP contribution in [0.3, 0.4) is 0 Å². The van der Waals surface area contributed by atoms with E-state index in [4.69, 9.17) is 0 Å². The van der Waals surface area contributed by atoms with E-state index >= 15 is 0 Å². The standard InChI is InChI=1S/C26H29N3O4S2/c1-18(2)25(30)28-23-17-20(13-14-24(23)34-3)35(32,33)29-22-12-8-7-11-21(22)26(31)27-16-15-19-9-5-4-6-10-19/h4-14,17-18,29H,15-16H2,1-3H3,(H,27,31)(H,28,30). The molecule has 0 aliphatic heterocycles. The Morgan fingerprint density at radius 1 is 0.914 bits per heavy atom. The molecule has 35 heavy (non-hydrogen) atoms. The van der Waals surface area contributed by atoms with Gasteiger partial charge in [0.25, 0.3) is 15.9 Å². The fourth-order valence-electron chi connectivity index (χ4n) is 3.26. The lowest BCUT2D eigenvalue weighted by molar-refractivity contribution is -0.118. The van der Waals surface area contributed by atoms with E-state index in [1.54, 1.807) is 44.2 Å². The molecule has 0 aromatic heterocycles. The van der Waals surface area contributed by atoms with Crippen LogP contribution in [0.15, 0.2) is 82.6 Å². The van der Waals surface area contributed by atoms with Crippen molar-refractivity contribution < 1.29 is 18.0 Å². The van der Waals surface area contributed by atoms with Crippen LogP contribution in [-0.2, 0) is 21.2 Å². The lowest BCUT2D eigenvalue weighted by Crippen LogP contribution is -2.27. The van der Waals surface area contributed by atoms with E-state index in [2.05, 4.69) is 15.4 Å². The van der Waals surface area contributed by atoms with E-state index < -0.39 is 10.0 Å². The Bertz CT molecular complexity index is 1290. The first kappa shape index (κ1) is 26.3. The quantitative estimate of drug-likeness (QED) is 0.340. The van der Waals surface area contributed by atoms with Crippen molar-refractivity contribution >= 4 is 45.0 Å². The number of carbonyl (C=O) groups excluding carboxylic acids is 2. The van der Waals surface area contributed by atoms with Gasteiger partial charge in [-0.2, -0.15) is 0 Å². The zero-order valence-electron chi connectivity index (χ0n) is 19.9. The molecule has 0 saturated carbocycles. The third kappa shape index (κ3) is 7.10. The highest BCUT2D eigenvalue weighted by Crippen LogP contribution is 2.30. The predicted molar refractivity (Wildman–Crippen MR) is 141 cm³/mol. The second kappa shape index (κ2) is 11.9. The van der Waals surface area contributed by atoms with Crippen molar-refractivity contribution in [3.05, 3.63) is 83.9 Å². The first-order valence-electron chi connectivity index (χ1n) is 11.1. The van der Waals surface area contributed by atoms with Crippen molar-refractivity contribution in [1.82, 2.24) is 5.32 Å². The second-order valence-electron chi connectivity index (χ2n) is 8.15. The highest BCUT2D eigenvalue weighted by atomic mass is 32.2. The number of thioether (sulfide) groups is 1. The molecule has 3 rings (SSSR count). The Balaban J connectivity index is 1.78. The van der Waals surface area contributed by atoms with Crippen LogP contribution in [0.2, 0.25) is 0 Å². The van der Waals surface area contributed by atoms with Crippen LogP contribution in [0.4, 0.5) is 11.4 Å².